The summed E-state index contributed by atoms with van der Waals surface area (Å²) in [6.45, 7) is 2.60. The van der Waals surface area contributed by atoms with E-state index in [4.69, 9.17) is 19.3 Å². The van der Waals surface area contributed by atoms with Crippen LogP contribution in [0.15, 0.2) is 24.3 Å². The molecule has 1 aliphatic rings. The first-order valence-electron chi connectivity index (χ1n) is 6.87. The Labute approximate surface area is 118 Å². The normalized spacial score (nSPS) is 16.0. The van der Waals surface area contributed by atoms with Crippen LogP contribution in [0.5, 0.6) is 5.75 Å². The topological polar surface area (TPSA) is 65.0 Å². The second-order valence-corrected chi connectivity index (χ2v) is 4.75. The number of hydrogen-bond donors (Lipinski definition) is 1. The molecule has 1 aromatic carbocycles. The fourth-order valence-corrected chi connectivity index (χ4v) is 2.10. The smallest absolute Gasteiger partial charge is 0.307 e. The Morgan fingerprint density at radius 1 is 1.20 bits per heavy atom. The van der Waals surface area contributed by atoms with E-state index in [1.807, 2.05) is 0 Å². The van der Waals surface area contributed by atoms with Crippen LogP contribution in [0, 0.1) is 0 Å². The molecule has 5 nitrogen and oxygen atoms in total. The highest BCUT2D eigenvalue weighted by Gasteiger charge is 2.13. The van der Waals surface area contributed by atoms with E-state index in [9.17, 15) is 4.79 Å². The molecule has 0 amide bonds. The van der Waals surface area contributed by atoms with Crippen LogP contribution in [0.25, 0.3) is 0 Å². The van der Waals surface area contributed by atoms with Gasteiger partial charge in [-0.3, -0.25) is 4.79 Å². The number of carboxylic acids is 1. The quantitative estimate of drug-likeness (QED) is 0.773. The van der Waals surface area contributed by atoms with Crippen molar-refractivity contribution in [1.82, 2.24) is 0 Å². The molecule has 1 saturated heterocycles. The van der Waals surface area contributed by atoms with Crippen molar-refractivity contribution in [2.45, 2.75) is 25.4 Å². The van der Waals surface area contributed by atoms with Gasteiger partial charge in [-0.15, -0.1) is 0 Å². The minimum absolute atomic E-state index is 0.0349. The largest absolute Gasteiger partial charge is 0.491 e. The Kier molecular flexibility index (Phi) is 5.83. The maximum atomic E-state index is 10.6. The summed E-state index contributed by atoms with van der Waals surface area (Å²) < 4.78 is 16.5. The Morgan fingerprint density at radius 2 is 1.90 bits per heavy atom. The zero-order valence-electron chi connectivity index (χ0n) is 11.4. The second kappa shape index (κ2) is 7.87. The number of carboxylic acid groups (broad SMARTS) is 1. The van der Waals surface area contributed by atoms with Crippen LogP contribution in [0.4, 0.5) is 0 Å². The van der Waals surface area contributed by atoms with E-state index >= 15 is 0 Å². The van der Waals surface area contributed by atoms with Crippen LogP contribution < -0.4 is 4.74 Å². The molecule has 1 heterocycles. The SMILES string of the molecule is O=C(O)Cc1ccc(OCCOC2CCOCC2)cc1. The van der Waals surface area contributed by atoms with Gasteiger partial charge in [0.25, 0.3) is 0 Å². The molecule has 0 aliphatic carbocycles. The lowest BCUT2D eigenvalue weighted by molar-refractivity contribution is -0.136. The first-order valence-corrected chi connectivity index (χ1v) is 6.87. The summed E-state index contributed by atoms with van der Waals surface area (Å²) in [6.07, 6.45) is 2.21. The lowest BCUT2D eigenvalue weighted by atomic mass is 10.1. The summed E-state index contributed by atoms with van der Waals surface area (Å²) in [5.74, 6) is -0.0988. The van der Waals surface area contributed by atoms with Gasteiger partial charge in [-0.1, -0.05) is 12.1 Å². The highest BCUT2D eigenvalue weighted by atomic mass is 16.5. The number of aliphatic carboxylic acids is 1. The molecule has 110 valence electrons. The average molecular weight is 280 g/mol. The minimum atomic E-state index is -0.830. The van der Waals surface area contributed by atoms with Gasteiger partial charge < -0.3 is 19.3 Å². The van der Waals surface area contributed by atoms with E-state index in [1.165, 1.54) is 0 Å². The van der Waals surface area contributed by atoms with E-state index in [0.717, 1.165) is 37.4 Å². The summed E-state index contributed by atoms with van der Waals surface area (Å²) in [7, 11) is 0. The van der Waals surface area contributed by atoms with Crippen LogP contribution in [-0.4, -0.2) is 43.6 Å². The van der Waals surface area contributed by atoms with Gasteiger partial charge in [0, 0.05) is 13.2 Å². The van der Waals surface area contributed by atoms with E-state index in [-0.39, 0.29) is 12.5 Å². The second-order valence-electron chi connectivity index (χ2n) is 4.75. The van der Waals surface area contributed by atoms with E-state index in [1.54, 1.807) is 24.3 Å². The zero-order valence-corrected chi connectivity index (χ0v) is 11.4. The molecule has 1 aromatic rings. The molecule has 1 N–H and O–H groups in total. The van der Waals surface area contributed by atoms with Crippen LogP contribution in [0.1, 0.15) is 18.4 Å². The molecule has 0 radical (unpaired) electrons. The van der Waals surface area contributed by atoms with Crippen LogP contribution in [0.3, 0.4) is 0 Å². The zero-order chi connectivity index (χ0) is 14.2. The number of ether oxygens (including phenoxy) is 3. The fourth-order valence-electron chi connectivity index (χ4n) is 2.10. The van der Waals surface area contributed by atoms with Gasteiger partial charge in [0.15, 0.2) is 0 Å². The summed E-state index contributed by atoms with van der Waals surface area (Å²) in [5.41, 5.74) is 0.767. The first-order chi connectivity index (χ1) is 9.74. The third kappa shape index (κ3) is 5.19. The van der Waals surface area contributed by atoms with Crippen molar-refractivity contribution in [2.24, 2.45) is 0 Å². The molecule has 0 spiro atoms. The predicted molar refractivity (Wildman–Crippen MR) is 73.1 cm³/mol. The van der Waals surface area contributed by atoms with Gasteiger partial charge in [-0.25, -0.2) is 0 Å². The van der Waals surface area contributed by atoms with E-state index in [0.29, 0.717) is 13.2 Å². The maximum absolute atomic E-state index is 10.6. The lowest BCUT2D eigenvalue weighted by Crippen LogP contribution is -2.25. The van der Waals surface area contributed by atoms with Crippen LogP contribution in [-0.2, 0) is 20.7 Å². The molecule has 1 fully saturated rings. The van der Waals surface area contributed by atoms with Gasteiger partial charge in [0.2, 0.25) is 0 Å². The van der Waals surface area contributed by atoms with Crippen LogP contribution in [0.2, 0.25) is 0 Å². The highest BCUT2D eigenvalue weighted by Crippen LogP contribution is 2.13. The number of carbonyl (C=O) groups is 1. The van der Waals surface area contributed by atoms with Gasteiger partial charge in [0.05, 0.1) is 19.1 Å². The summed E-state index contributed by atoms with van der Waals surface area (Å²) in [5, 5.41) is 8.68. The molecule has 0 aromatic heterocycles. The van der Waals surface area contributed by atoms with Crippen molar-refractivity contribution in [3.63, 3.8) is 0 Å². The molecule has 20 heavy (non-hydrogen) atoms. The third-order valence-corrected chi connectivity index (χ3v) is 3.15. The predicted octanol–water partition coefficient (Wildman–Crippen LogP) is 1.89. The summed E-state index contributed by atoms with van der Waals surface area (Å²) in [6, 6.07) is 7.10. The van der Waals surface area contributed by atoms with Crippen molar-refractivity contribution in [2.75, 3.05) is 26.4 Å². The molecular formula is C15H20O5. The van der Waals surface area contributed by atoms with Gasteiger partial charge in [-0.2, -0.15) is 0 Å². The van der Waals surface area contributed by atoms with Gasteiger partial charge in [0.1, 0.15) is 12.4 Å². The molecular weight excluding hydrogens is 260 g/mol. The van der Waals surface area contributed by atoms with Gasteiger partial charge in [-0.05, 0) is 30.5 Å². The maximum Gasteiger partial charge on any atom is 0.307 e. The number of hydrogen-bond acceptors (Lipinski definition) is 4. The standard InChI is InChI=1S/C15H20O5/c16-15(17)11-12-1-3-13(4-2-12)19-9-10-20-14-5-7-18-8-6-14/h1-4,14H,5-11H2,(H,16,17). The van der Waals surface area contributed by atoms with Gasteiger partial charge >= 0.3 is 5.97 Å². The van der Waals surface area contributed by atoms with Crippen molar-refractivity contribution in [3.05, 3.63) is 29.8 Å². The highest BCUT2D eigenvalue weighted by molar-refractivity contribution is 5.70. The monoisotopic (exact) mass is 280 g/mol. The molecule has 1 aliphatic heterocycles. The Balaban J connectivity index is 1.64. The lowest BCUT2D eigenvalue weighted by Gasteiger charge is -2.22. The number of rotatable bonds is 7. The van der Waals surface area contributed by atoms with Crippen molar-refractivity contribution >= 4 is 5.97 Å². The summed E-state index contributed by atoms with van der Waals surface area (Å²) in [4.78, 5) is 10.6. The van der Waals surface area contributed by atoms with Crippen molar-refractivity contribution < 1.29 is 24.1 Å². The molecule has 0 bridgehead atoms. The Morgan fingerprint density at radius 3 is 2.55 bits per heavy atom. The van der Waals surface area contributed by atoms with E-state index in [2.05, 4.69) is 0 Å². The molecule has 0 atom stereocenters. The Bertz CT molecular complexity index is 409. The van der Waals surface area contributed by atoms with E-state index < -0.39 is 5.97 Å². The number of benzene rings is 1. The third-order valence-electron chi connectivity index (χ3n) is 3.15. The van der Waals surface area contributed by atoms with Crippen LogP contribution >= 0.6 is 0 Å². The first kappa shape index (κ1) is 14.8. The molecule has 5 heteroatoms. The minimum Gasteiger partial charge on any atom is -0.491 e. The fraction of sp³-hybridized carbons (Fsp3) is 0.533. The molecule has 2 rings (SSSR count). The van der Waals surface area contributed by atoms with Crippen molar-refractivity contribution in [3.8, 4) is 5.75 Å². The van der Waals surface area contributed by atoms with Crippen molar-refractivity contribution in [1.29, 1.82) is 0 Å². The molecule has 0 unspecified atom stereocenters. The Hall–Kier alpha value is -1.59. The summed E-state index contributed by atoms with van der Waals surface area (Å²) >= 11 is 0. The molecule has 0 saturated carbocycles. The average Bonchev–Trinajstić information content (AvgIpc) is 2.46.